The number of halogens is 2. The molecule has 152 valence electrons. The molecule has 0 atom stereocenters. The van der Waals surface area contributed by atoms with E-state index in [1.165, 1.54) is 0 Å². The SMILES string of the molecule is CCCN(CCC)CCCC(=O)Oc1ccccc1Nc1c(Cl)cccc1Cl. The molecule has 4 nitrogen and oxygen atoms in total. The zero-order valence-corrected chi connectivity index (χ0v) is 18.0. The molecule has 0 unspecified atom stereocenters. The van der Waals surface area contributed by atoms with Gasteiger partial charge in [0.2, 0.25) is 0 Å². The summed E-state index contributed by atoms with van der Waals surface area (Å²) in [5, 5.41) is 4.17. The molecule has 2 rings (SSSR count). The molecule has 2 aromatic carbocycles. The lowest BCUT2D eigenvalue weighted by molar-refractivity contribution is -0.134. The van der Waals surface area contributed by atoms with E-state index in [1.807, 2.05) is 18.2 Å². The van der Waals surface area contributed by atoms with Gasteiger partial charge in [0.15, 0.2) is 5.75 Å². The van der Waals surface area contributed by atoms with Gasteiger partial charge in [0.05, 0.1) is 21.4 Å². The average Bonchev–Trinajstić information content (AvgIpc) is 2.66. The number of benzene rings is 2. The van der Waals surface area contributed by atoms with Crippen molar-refractivity contribution < 1.29 is 9.53 Å². The maximum atomic E-state index is 12.3. The number of esters is 1. The van der Waals surface area contributed by atoms with Gasteiger partial charge >= 0.3 is 5.97 Å². The van der Waals surface area contributed by atoms with Crippen molar-refractivity contribution in [2.45, 2.75) is 39.5 Å². The van der Waals surface area contributed by atoms with E-state index < -0.39 is 0 Å². The van der Waals surface area contributed by atoms with Crippen molar-refractivity contribution >= 4 is 40.5 Å². The van der Waals surface area contributed by atoms with E-state index in [-0.39, 0.29) is 5.97 Å². The molecule has 0 aliphatic rings. The number of hydrogen-bond donors (Lipinski definition) is 1. The van der Waals surface area contributed by atoms with E-state index in [4.69, 9.17) is 27.9 Å². The third-order valence-electron chi connectivity index (χ3n) is 4.27. The van der Waals surface area contributed by atoms with E-state index >= 15 is 0 Å². The molecule has 0 fully saturated rings. The Morgan fingerprint density at radius 1 is 0.964 bits per heavy atom. The van der Waals surface area contributed by atoms with Crippen LogP contribution in [-0.2, 0) is 4.79 Å². The van der Waals surface area contributed by atoms with Crippen LogP contribution in [-0.4, -0.2) is 30.5 Å². The summed E-state index contributed by atoms with van der Waals surface area (Å²) in [5.41, 5.74) is 1.23. The zero-order chi connectivity index (χ0) is 20.4. The molecule has 0 radical (unpaired) electrons. The van der Waals surface area contributed by atoms with Crippen LogP contribution in [0, 0.1) is 0 Å². The normalized spacial score (nSPS) is 10.9. The third-order valence-corrected chi connectivity index (χ3v) is 4.90. The van der Waals surface area contributed by atoms with Crippen molar-refractivity contribution in [3.05, 3.63) is 52.5 Å². The molecule has 1 N–H and O–H groups in total. The van der Waals surface area contributed by atoms with Crippen molar-refractivity contribution in [3.8, 4) is 5.75 Å². The standard InChI is InChI=1S/C22H28Cl2N2O2/c1-3-14-26(15-4-2)16-8-13-21(27)28-20-12-6-5-11-19(20)25-22-17(23)9-7-10-18(22)24/h5-7,9-12,25H,3-4,8,13-16H2,1-2H3. The first-order valence-corrected chi connectivity index (χ1v) is 10.5. The summed E-state index contributed by atoms with van der Waals surface area (Å²) in [6.07, 6.45) is 3.40. The molecule has 0 saturated carbocycles. The van der Waals surface area contributed by atoms with E-state index in [0.29, 0.717) is 33.6 Å². The first-order valence-electron chi connectivity index (χ1n) is 9.78. The average molecular weight is 423 g/mol. The molecule has 0 aromatic heterocycles. The van der Waals surface area contributed by atoms with Crippen molar-refractivity contribution in [3.63, 3.8) is 0 Å². The molecule has 0 heterocycles. The lowest BCUT2D eigenvalue weighted by Crippen LogP contribution is -2.27. The number of anilines is 2. The molecule has 0 bridgehead atoms. The number of nitrogens with zero attached hydrogens (tertiary/aromatic N) is 1. The minimum Gasteiger partial charge on any atom is -0.424 e. The topological polar surface area (TPSA) is 41.6 Å². The summed E-state index contributed by atoms with van der Waals surface area (Å²) in [6.45, 7) is 7.38. The summed E-state index contributed by atoms with van der Waals surface area (Å²) in [4.78, 5) is 14.7. The maximum Gasteiger partial charge on any atom is 0.311 e. The molecule has 0 amide bonds. The molecule has 0 aliphatic heterocycles. The maximum absolute atomic E-state index is 12.3. The molecule has 2 aromatic rings. The first kappa shape index (κ1) is 22.5. The smallest absolute Gasteiger partial charge is 0.311 e. The van der Waals surface area contributed by atoms with Gasteiger partial charge in [0.25, 0.3) is 0 Å². The Bertz CT molecular complexity index is 742. The lowest BCUT2D eigenvalue weighted by Gasteiger charge is -2.20. The Hall–Kier alpha value is -1.75. The molecule has 0 aliphatic carbocycles. The minimum absolute atomic E-state index is 0.243. The van der Waals surface area contributed by atoms with Gasteiger partial charge in [-0.1, -0.05) is 55.2 Å². The van der Waals surface area contributed by atoms with Crippen molar-refractivity contribution in [1.82, 2.24) is 4.90 Å². The Morgan fingerprint density at radius 2 is 1.61 bits per heavy atom. The Kier molecular flexibility index (Phi) is 9.62. The highest BCUT2D eigenvalue weighted by Crippen LogP contribution is 2.35. The summed E-state index contributed by atoms with van der Waals surface area (Å²) in [6, 6.07) is 12.6. The Morgan fingerprint density at radius 3 is 2.25 bits per heavy atom. The van der Waals surface area contributed by atoms with Gasteiger partial charge < -0.3 is 15.0 Å². The van der Waals surface area contributed by atoms with Crippen LogP contribution >= 0.6 is 23.2 Å². The fourth-order valence-electron chi connectivity index (χ4n) is 3.00. The third kappa shape index (κ3) is 7.01. The van der Waals surface area contributed by atoms with E-state index in [1.54, 1.807) is 24.3 Å². The predicted molar refractivity (Wildman–Crippen MR) is 118 cm³/mol. The molecule has 0 saturated heterocycles. The van der Waals surface area contributed by atoms with Crippen molar-refractivity contribution in [2.75, 3.05) is 25.0 Å². The summed E-state index contributed by atoms with van der Waals surface area (Å²) >= 11 is 12.5. The van der Waals surface area contributed by atoms with Gasteiger partial charge in [0, 0.05) is 6.42 Å². The molecule has 6 heteroatoms. The second-order valence-electron chi connectivity index (χ2n) is 6.64. The Labute approximate surface area is 177 Å². The number of para-hydroxylation sites is 3. The predicted octanol–water partition coefficient (Wildman–Crippen LogP) is 6.54. The summed E-state index contributed by atoms with van der Waals surface area (Å²) in [7, 11) is 0. The highest BCUT2D eigenvalue weighted by atomic mass is 35.5. The molecule has 28 heavy (non-hydrogen) atoms. The molecular formula is C22H28Cl2N2O2. The van der Waals surface area contributed by atoms with E-state index in [9.17, 15) is 4.79 Å². The highest BCUT2D eigenvalue weighted by molar-refractivity contribution is 6.39. The van der Waals surface area contributed by atoms with Gasteiger partial charge in [-0.3, -0.25) is 4.79 Å². The van der Waals surface area contributed by atoms with E-state index in [0.717, 1.165) is 38.9 Å². The number of ether oxygens (including phenoxy) is 1. The number of carbonyl (C=O) groups is 1. The van der Waals surface area contributed by atoms with Crippen LogP contribution in [0.3, 0.4) is 0 Å². The number of carbonyl (C=O) groups excluding carboxylic acids is 1. The first-order chi connectivity index (χ1) is 13.5. The van der Waals surface area contributed by atoms with Crippen LogP contribution in [0.25, 0.3) is 0 Å². The van der Waals surface area contributed by atoms with Crippen LogP contribution < -0.4 is 10.1 Å². The zero-order valence-electron chi connectivity index (χ0n) is 16.5. The van der Waals surface area contributed by atoms with Gasteiger partial charge in [-0.2, -0.15) is 0 Å². The van der Waals surface area contributed by atoms with Crippen LogP contribution in [0.5, 0.6) is 5.75 Å². The minimum atomic E-state index is -0.243. The molecular weight excluding hydrogens is 395 g/mol. The largest absolute Gasteiger partial charge is 0.424 e. The summed E-state index contributed by atoms with van der Waals surface area (Å²) in [5.74, 6) is 0.218. The number of nitrogens with one attached hydrogen (secondary N) is 1. The van der Waals surface area contributed by atoms with Crippen LogP contribution in [0.2, 0.25) is 10.0 Å². The van der Waals surface area contributed by atoms with E-state index in [2.05, 4.69) is 24.1 Å². The van der Waals surface area contributed by atoms with Crippen LogP contribution in [0.15, 0.2) is 42.5 Å². The summed E-state index contributed by atoms with van der Waals surface area (Å²) < 4.78 is 5.59. The fraction of sp³-hybridized carbons (Fsp3) is 0.409. The fourth-order valence-corrected chi connectivity index (χ4v) is 3.49. The van der Waals surface area contributed by atoms with Crippen LogP contribution in [0.4, 0.5) is 11.4 Å². The second kappa shape index (κ2) is 11.9. The lowest BCUT2D eigenvalue weighted by atomic mass is 10.2. The van der Waals surface area contributed by atoms with Gasteiger partial charge in [-0.25, -0.2) is 0 Å². The monoisotopic (exact) mass is 422 g/mol. The van der Waals surface area contributed by atoms with Crippen molar-refractivity contribution in [2.24, 2.45) is 0 Å². The van der Waals surface area contributed by atoms with Crippen LogP contribution in [0.1, 0.15) is 39.5 Å². The second-order valence-corrected chi connectivity index (χ2v) is 7.45. The number of hydrogen-bond acceptors (Lipinski definition) is 4. The molecule has 0 spiro atoms. The quantitative estimate of drug-likeness (QED) is 0.329. The highest BCUT2D eigenvalue weighted by Gasteiger charge is 2.13. The van der Waals surface area contributed by atoms with Gasteiger partial charge in [-0.05, 0) is 63.2 Å². The van der Waals surface area contributed by atoms with Gasteiger partial charge in [-0.15, -0.1) is 0 Å². The Balaban J connectivity index is 1.96. The number of rotatable bonds is 11. The van der Waals surface area contributed by atoms with Crippen molar-refractivity contribution in [1.29, 1.82) is 0 Å². The van der Waals surface area contributed by atoms with Gasteiger partial charge in [0.1, 0.15) is 0 Å².